The predicted molar refractivity (Wildman–Crippen MR) is 110 cm³/mol. The quantitative estimate of drug-likeness (QED) is 0.397. The molecule has 0 fully saturated rings. The second kappa shape index (κ2) is 9.24. The number of rotatable bonds is 6. The molecule has 32 heavy (non-hydrogen) atoms. The lowest BCUT2D eigenvalue weighted by Gasteiger charge is -2.18. The molecule has 170 valence electrons. The van der Waals surface area contributed by atoms with Gasteiger partial charge >= 0.3 is 12.4 Å². The SMILES string of the molecule is COc1cccc(C(C)NCc2ccc(C(F)(F)F)c(-c3ccc(C(F)(F)F)cc3)c2)c1. The number of benzene rings is 3. The van der Waals surface area contributed by atoms with Gasteiger partial charge < -0.3 is 10.1 Å². The van der Waals surface area contributed by atoms with E-state index in [2.05, 4.69) is 5.32 Å². The molecule has 8 heteroatoms. The molecule has 0 radical (unpaired) electrons. The van der Waals surface area contributed by atoms with Crippen LogP contribution >= 0.6 is 0 Å². The van der Waals surface area contributed by atoms with E-state index in [0.717, 1.165) is 35.9 Å². The molecule has 2 nitrogen and oxygen atoms in total. The Morgan fingerprint density at radius 1 is 0.844 bits per heavy atom. The van der Waals surface area contributed by atoms with Gasteiger partial charge in [0.25, 0.3) is 0 Å². The smallest absolute Gasteiger partial charge is 0.417 e. The van der Waals surface area contributed by atoms with Crippen LogP contribution in [0, 0.1) is 0 Å². The largest absolute Gasteiger partial charge is 0.497 e. The Morgan fingerprint density at radius 2 is 1.53 bits per heavy atom. The minimum atomic E-state index is -4.64. The lowest BCUT2D eigenvalue weighted by Crippen LogP contribution is -2.18. The van der Waals surface area contributed by atoms with Crippen LogP contribution < -0.4 is 10.1 Å². The van der Waals surface area contributed by atoms with E-state index >= 15 is 0 Å². The van der Waals surface area contributed by atoms with E-state index in [-0.39, 0.29) is 23.7 Å². The van der Waals surface area contributed by atoms with Crippen molar-refractivity contribution in [1.29, 1.82) is 0 Å². The number of ether oxygens (including phenoxy) is 1. The zero-order valence-electron chi connectivity index (χ0n) is 17.3. The Labute approximate surface area is 181 Å². The lowest BCUT2D eigenvalue weighted by atomic mass is 9.95. The summed E-state index contributed by atoms with van der Waals surface area (Å²) in [5.41, 5.74) is -0.406. The molecule has 0 aliphatic rings. The Balaban J connectivity index is 1.87. The van der Waals surface area contributed by atoms with Crippen LogP contribution in [-0.4, -0.2) is 7.11 Å². The van der Waals surface area contributed by atoms with Crippen LogP contribution in [-0.2, 0) is 18.9 Å². The highest BCUT2D eigenvalue weighted by Gasteiger charge is 2.34. The van der Waals surface area contributed by atoms with E-state index < -0.39 is 23.5 Å². The van der Waals surface area contributed by atoms with Crippen LogP contribution in [0.1, 0.15) is 35.2 Å². The number of methoxy groups -OCH3 is 1. The molecule has 1 N–H and O–H groups in total. The minimum absolute atomic E-state index is 0.0630. The molecule has 0 aliphatic carbocycles. The van der Waals surface area contributed by atoms with Crippen molar-refractivity contribution >= 4 is 0 Å². The van der Waals surface area contributed by atoms with Crippen LogP contribution in [0.3, 0.4) is 0 Å². The maximum atomic E-state index is 13.5. The van der Waals surface area contributed by atoms with Gasteiger partial charge in [-0.1, -0.05) is 30.3 Å². The first kappa shape index (κ1) is 23.7. The maximum absolute atomic E-state index is 13.5. The first-order valence-corrected chi connectivity index (χ1v) is 9.74. The summed E-state index contributed by atoms with van der Waals surface area (Å²) in [6.07, 6.45) is -9.20. The van der Waals surface area contributed by atoms with Crippen molar-refractivity contribution in [1.82, 2.24) is 5.32 Å². The predicted octanol–water partition coefficient (Wildman–Crippen LogP) is 7.25. The van der Waals surface area contributed by atoms with E-state index in [9.17, 15) is 26.3 Å². The van der Waals surface area contributed by atoms with Crippen molar-refractivity contribution in [2.75, 3.05) is 7.11 Å². The average molecular weight is 453 g/mol. The van der Waals surface area contributed by atoms with Crippen LogP contribution in [0.25, 0.3) is 11.1 Å². The molecule has 0 spiro atoms. The highest BCUT2D eigenvalue weighted by Crippen LogP contribution is 2.39. The van der Waals surface area contributed by atoms with Gasteiger partial charge in [0.1, 0.15) is 5.75 Å². The third-order valence-electron chi connectivity index (χ3n) is 5.12. The molecular formula is C24H21F6NO. The molecule has 3 aromatic rings. The van der Waals surface area contributed by atoms with Gasteiger partial charge in [-0.2, -0.15) is 26.3 Å². The summed E-state index contributed by atoms with van der Waals surface area (Å²) in [5, 5.41) is 3.25. The number of halogens is 6. The van der Waals surface area contributed by atoms with Crippen LogP contribution in [0.5, 0.6) is 5.75 Å². The highest BCUT2D eigenvalue weighted by atomic mass is 19.4. The van der Waals surface area contributed by atoms with Crippen LogP contribution in [0.4, 0.5) is 26.3 Å². The molecule has 0 bridgehead atoms. The van der Waals surface area contributed by atoms with Crippen molar-refractivity contribution in [2.45, 2.75) is 31.9 Å². The summed E-state index contributed by atoms with van der Waals surface area (Å²) < 4.78 is 84.3. The van der Waals surface area contributed by atoms with Crippen molar-refractivity contribution in [3.05, 3.63) is 89.0 Å². The number of alkyl halides is 6. The standard InChI is InChI=1S/C24H21F6NO/c1-15(18-4-3-5-20(13-18)32-2)31-14-16-6-11-22(24(28,29)30)21(12-16)17-7-9-19(10-8-17)23(25,26)27/h3-13,15,31H,14H2,1-2H3. The number of hydrogen-bond acceptors (Lipinski definition) is 2. The summed E-state index contributed by atoms with van der Waals surface area (Å²) in [7, 11) is 1.56. The van der Waals surface area contributed by atoms with Gasteiger partial charge in [-0.25, -0.2) is 0 Å². The van der Waals surface area contributed by atoms with E-state index in [0.29, 0.717) is 11.3 Å². The topological polar surface area (TPSA) is 21.3 Å². The van der Waals surface area contributed by atoms with Gasteiger partial charge in [-0.05, 0) is 65.6 Å². The molecule has 0 saturated heterocycles. The maximum Gasteiger partial charge on any atom is 0.417 e. The monoisotopic (exact) mass is 453 g/mol. The second-order valence-corrected chi connectivity index (χ2v) is 7.33. The fraction of sp³-hybridized carbons (Fsp3) is 0.250. The Kier molecular flexibility index (Phi) is 6.83. The average Bonchev–Trinajstić information content (AvgIpc) is 2.76. The second-order valence-electron chi connectivity index (χ2n) is 7.33. The fourth-order valence-corrected chi connectivity index (χ4v) is 3.33. The van der Waals surface area contributed by atoms with Gasteiger partial charge in [0, 0.05) is 12.6 Å². The fourth-order valence-electron chi connectivity index (χ4n) is 3.33. The molecule has 0 heterocycles. The normalized spacial score (nSPS) is 13.1. The Hall–Kier alpha value is -3.00. The lowest BCUT2D eigenvalue weighted by molar-refractivity contribution is -0.138. The van der Waals surface area contributed by atoms with E-state index in [1.807, 2.05) is 31.2 Å². The summed E-state index contributed by atoms with van der Waals surface area (Å²) in [5.74, 6) is 0.690. The van der Waals surface area contributed by atoms with Gasteiger partial charge in [-0.15, -0.1) is 0 Å². The molecule has 0 saturated carbocycles. The molecule has 3 rings (SSSR count). The number of nitrogens with one attached hydrogen (secondary N) is 1. The van der Waals surface area contributed by atoms with Crippen molar-refractivity contribution in [2.24, 2.45) is 0 Å². The summed E-state index contributed by atoms with van der Waals surface area (Å²) in [6.45, 7) is 2.18. The summed E-state index contributed by atoms with van der Waals surface area (Å²) in [6, 6.07) is 14.7. The minimum Gasteiger partial charge on any atom is -0.497 e. The molecule has 1 atom stereocenters. The molecule has 1 unspecified atom stereocenters. The molecule has 0 aliphatic heterocycles. The molecular weight excluding hydrogens is 432 g/mol. The van der Waals surface area contributed by atoms with Crippen molar-refractivity contribution in [3.8, 4) is 16.9 Å². The van der Waals surface area contributed by atoms with E-state index in [1.165, 1.54) is 12.1 Å². The van der Waals surface area contributed by atoms with Crippen molar-refractivity contribution in [3.63, 3.8) is 0 Å². The number of hydrogen-bond donors (Lipinski definition) is 1. The molecule has 3 aromatic carbocycles. The Morgan fingerprint density at radius 3 is 2.12 bits per heavy atom. The van der Waals surface area contributed by atoms with Crippen molar-refractivity contribution < 1.29 is 31.1 Å². The summed E-state index contributed by atoms with van der Waals surface area (Å²) in [4.78, 5) is 0. The van der Waals surface area contributed by atoms with Gasteiger partial charge in [-0.3, -0.25) is 0 Å². The van der Waals surface area contributed by atoms with E-state index in [4.69, 9.17) is 4.74 Å². The Bertz CT molecular complexity index is 1060. The third kappa shape index (κ3) is 5.62. The zero-order chi connectivity index (χ0) is 23.5. The molecule has 0 aromatic heterocycles. The van der Waals surface area contributed by atoms with Crippen LogP contribution in [0.15, 0.2) is 66.7 Å². The highest BCUT2D eigenvalue weighted by molar-refractivity contribution is 5.69. The summed E-state index contributed by atoms with van der Waals surface area (Å²) >= 11 is 0. The van der Waals surface area contributed by atoms with Gasteiger partial charge in [0.15, 0.2) is 0 Å². The molecule has 0 amide bonds. The van der Waals surface area contributed by atoms with Gasteiger partial charge in [0.2, 0.25) is 0 Å². The van der Waals surface area contributed by atoms with E-state index in [1.54, 1.807) is 7.11 Å². The zero-order valence-corrected chi connectivity index (χ0v) is 17.3. The van der Waals surface area contributed by atoms with Crippen LogP contribution in [0.2, 0.25) is 0 Å². The third-order valence-corrected chi connectivity index (χ3v) is 5.12. The first-order valence-electron chi connectivity index (χ1n) is 9.74. The first-order chi connectivity index (χ1) is 15.0. The van der Waals surface area contributed by atoms with Gasteiger partial charge in [0.05, 0.1) is 18.2 Å².